The topological polar surface area (TPSA) is 26.3 Å². The first kappa shape index (κ1) is 8.17. The Kier molecular flexibility index (Phi) is 1.97. The first-order valence-corrected chi connectivity index (χ1v) is 4.05. The van der Waals surface area contributed by atoms with Gasteiger partial charge in [0.15, 0.2) is 0 Å². The maximum Gasteiger partial charge on any atom is 0.111 e. The Hall–Kier alpha value is -1.44. The van der Waals surface area contributed by atoms with Crippen LogP contribution in [0.25, 0.3) is 0 Å². The summed E-state index contributed by atoms with van der Waals surface area (Å²) in [6.45, 7) is 7.36. The summed E-state index contributed by atoms with van der Waals surface area (Å²) in [4.78, 5) is 0. The van der Waals surface area contributed by atoms with E-state index in [0.717, 1.165) is 11.5 Å². The van der Waals surface area contributed by atoms with Crippen LogP contribution in [-0.2, 0) is 6.42 Å². The van der Waals surface area contributed by atoms with Crippen LogP contribution < -0.4 is 0 Å². The standard InChI is InChI=1S/C11H10O2/c1-8-3-5-10(12-8)7-11-6-4-9(2)13-11/h3-6H,1-2,7H2. The molecule has 2 aromatic rings. The normalized spacial score (nSPS) is 10.6. The van der Waals surface area contributed by atoms with Crippen molar-refractivity contribution in [3.8, 4) is 0 Å². The third kappa shape index (κ3) is 1.83. The van der Waals surface area contributed by atoms with Crippen LogP contribution >= 0.6 is 0 Å². The van der Waals surface area contributed by atoms with Crippen molar-refractivity contribution in [2.24, 2.45) is 0 Å². The average molecular weight is 174 g/mol. The Bertz CT molecular complexity index is 357. The van der Waals surface area contributed by atoms with Crippen LogP contribution in [0.15, 0.2) is 33.1 Å². The lowest BCUT2D eigenvalue weighted by atomic mass is 10.3. The highest BCUT2D eigenvalue weighted by Gasteiger charge is 2.03. The Labute approximate surface area is 77.2 Å². The Balaban J connectivity index is 2.14. The maximum atomic E-state index is 5.31. The van der Waals surface area contributed by atoms with Gasteiger partial charge in [-0.05, 0) is 24.3 Å². The molecule has 66 valence electrons. The van der Waals surface area contributed by atoms with Crippen LogP contribution in [-0.4, -0.2) is 0 Å². The molecule has 0 saturated heterocycles. The molecule has 2 rings (SSSR count). The molecule has 2 heteroatoms. The fourth-order valence-corrected chi connectivity index (χ4v) is 1.21. The van der Waals surface area contributed by atoms with Gasteiger partial charge in [0.1, 0.15) is 23.0 Å². The van der Waals surface area contributed by atoms with E-state index in [9.17, 15) is 0 Å². The molecule has 0 unspecified atom stereocenters. The van der Waals surface area contributed by atoms with Crippen LogP contribution in [0.2, 0.25) is 0 Å². The quantitative estimate of drug-likeness (QED) is 0.699. The van der Waals surface area contributed by atoms with Crippen molar-refractivity contribution in [2.45, 2.75) is 6.42 Å². The van der Waals surface area contributed by atoms with Gasteiger partial charge in [-0.2, -0.15) is 0 Å². The van der Waals surface area contributed by atoms with E-state index in [0.29, 0.717) is 17.9 Å². The predicted octanol–water partition coefficient (Wildman–Crippen LogP) is 2.83. The summed E-state index contributed by atoms with van der Waals surface area (Å²) >= 11 is 0. The molecular formula is C11H10O2. The van der Waals surface area contributed by atoms with E-state index in [2.05, 4.69) is 13.8 Å². The van der Waals surface area contributed by atoms with E-state index < -0.39 is 0 Å². The molecule has 2 nitrogen and oxygen atoms in total. The van der Waals surface area contributed by atoms with Gasteiger partial charge in [0.2, 0.25) is 0 Å². The monoisotopic (exact) mass is 174 g/mol. The largest absolute Gasteiger partial charge is 0.466 e. The Morgan fingerprint density at radius 3 is 1.62 bits per heavy atom. The zero-order valence-corrected chi connectivity index (χ0v) is 7.25. The van der Waals surface area contributed by atoms with E-state index in [1.54, 1.807) is 0 Å². The van der Waals surface area contributed by atoms with Gasteiger partial charge in [0.25, 0.3) is 0 Å². The third-order valence-corrected chi connectivity index (χ3v) is 1.78. The van der Waals surface area contributed by atoms with Gasteiger partial charge in [-0.1, -0.05) is 0 Å². The molecule has 0 fully saturated rings. The van der Waals surface area contributed by atoms with Gasteiger partial charge in [-0.15, -0.1) is 0 Å². The second kappa shape index (κ2) is 3.13. The molecule has 0 bridgehead atoms. The highest BCUT2D eigenvalue weighted by Crippen LogP contribution is 2.14. The van der Waals surface area contributed by atoms with Crippen molar-refractivity contribution in [3.05, 3.63) is 61.2 Å². The lowest BCUT2D eigenvalue weighted by Crippen LogP contribution is -1.80. The SMILES string of the molecule is [CH2]c1ccc(Cc2ccc([CH2])o2)o1. The molecule has 0 amide bonds. The van der Waals surface area contributed by atoms with Crippen LogP contribution in [0, 0.1) is 13.8 Å². The fourth-order valence-electron chi connectivity index (χ4n) is 1.21. The molecule has 2 radical (unpaired) electrons. The van der Waals surface area contributed by atoms with Gasteiger partial charge >= 0.3 is 0 Å². The number of rotatable bonds is 2. The van der Waals surface area contributed by atoms with Crippen molar-refractivity contribution in [1.82, 2.24) is 0 Å². The van der Waals surface area contributed by atoms with Crippen molar-refractivity contribution in [2.75, 3.05) is 0 Å². The smallest absolute Gasteiger partial charge is 0.111 e. The van der Waals surface area contributed by atoms with Crippen LogP contribution in [0.4, 0.5) is 0 Å². The zero-order chi connectivity index (χ0) is 9.26. The third-order valence-electron chi connectivity index (χ3n) is 1.78. The average Bonchev–Trinajstić information content (AvgIpc) is 2.62. The van der Waals surface area contributed by atoms with Gasteiger partial charge < -0.3 is 8.83 Å². The summed E-state index contributed by atoms with van der Waals surface area (Å²) in [6, 6.07) is 7.47. The van der Waals surface area contributed by atoms with Crippen LogP contribution in [0.3, 0.4) is 0 Å². The second-order valence-electron chi connectivity index (χ2n) is 2.91. The van der Waals surface area contributed by atoms with E-state index >= 15 is 0 Å². The first-order chi connectivity index (χ1) is 6.24. The van der Waals surface area contributed by atoms with E-state index in [1.807, 2.05) is 24.3 Å². The van der Waals surface area contributed by atoms with Crippen molar-refractivity contribution in [3.63, 3.8) is 0 Å². The Morgan fingerprint density at radius 2 is 1.31 bits per heavy atom. The van der Waals surface area contributed by atoms with Gasteiger partial charge in [-0.3, -0.25) is 0 Å². The molecule has 0 saturated carbocycles. The number of furan rings is 2. The van der Waals surface area contributed by atoms with Crippen molar-refractivity contribution < 1.29 is 8.83 Å². The molecule has 0 aliphatic rings. The van der Waals surface area contributed by atoms with Gasteiger partial charge in [-0.25, -0.2) is 0 Å². The minimum atomic E-state index is 0.658. The van der Waals surface area contributed by atoms with Crippen molar-refractivity contribution in [1.29, 1.82) is 0 Å². The molecular weight excluding hydrogens is 164 g/mol. The maximum absolute atomic E-state index is 5.31. The molecule has 0 aromatic carbocycles. The summed E-state index contributed by atoms with van der Waals surface area (Å²) < 4.78 is 10.6. The van der Waals surface area contributed by atoms with Crippen LogP contribution in [0.5, 0.6) is 0 Å². The molecule has 0 atom stereocenters. The summed E-state index contributed by atoms with van der Waals surface area (Å²) in [7, 11) is 0. The van der Waals surface area contributed by atoms with Crippen LogP contribution in [0.1, 0.15) is 23.0 Å². The first-order valence-electron chi connectivity index (χ1n) is 4.05. The predicted molar refractivity (Wildman–Crippen MR) is 49.1 cm³/mol. The lowest BCUT2D eigenvalue weighted by Gasteiger charge is -1.91. The highest BCUT2D eigenvalue weighted by molar-refractivity contribution is 5.17. The summed E-state index contributed by atoms with van der Waals surface area (Å²) in [5, 5.41) is 0. The highest BCUT2D eigenvalue weighted by atomic mass is 16.4. The van der Waals surface area contributed by atoms with Crippen molar-refractivity contribution >= 4 is 0 Å². The molecule has 0 spiro atoms. The second-order valence-corrected chi connectivity index (χ2v) is 2.91. The molecule has 13 heavy (non-hydrogen) atoms. The number of hydrogen-bond donors (Lipinski definition) is 0. The van der Waals surface area contributed by atoms with Gasteiger partial charge in [0, 0.05) is 13.8 Å². The molecule has 0 N–H and O–H groups in total. The molecule has 2 heterocycles. The minimum Gasteiger partial charge on any atom is -0.466 e. The molecule has 0 aliphatic carbocycles. The number of hydrogen-bond acceptors (Lipinski definition) is 2. The summed E-state index contributed by atoms with van der Waals surface area (Å²) in [5.74, 6) is 3.08. The summed E-state index contributed by atoms with van der Waals surface area (Å²) in [5.41, 5.74) is 0. The van der Waals surface area contributed by atoms with E-state index in [4.69, 9.17) is 8.83 Å². The molecule has 0 aliphatic heterocycles. The van der Waals surface area contributed by atoms with E-state index in [-0.39, 0.29) is 0 Å². The van der Waals surface area contributed by atoms with Gasteiger partial charge in [0.05, 0.1) is 6.42 Å². The molecule has 2 aromatic heterocycles. The Morgan fingerprint density at radius 1 is 0.846 bits per heavy atom. The zero-order valence-electron chi connectivity index (χ0n) is 7.25. The minimum absolute atomic E-state index is 0.658. The lowest BCUT2D eigenvalue weighted by molar-refractivity contribution is 0.461. The summed E-state index contributed by atoms with van der Waals surface area (Å²) in [6.07, 6.45) is 0.658. The van der Waals surface area contributed by atoms with E-state index in [1.165, 1.54) is 0 Å². The fraction of sp³-hybridized carbons (Fsp3) is 0.0909.